The van der Waals surface area contributed by atoms with Crippen LogP contribution in [0.25, 0.3) is 0 Å². The molecule has 6 nitrogen and oxygen atoms in total. The second kappa shape index (κ2) is 14.1. The van der Waals surface area contributed by atoms with Crippen LogP contribution in [-0.4, -0.2) is 39.6 Å². The van der Waals surface area contributed by atoms with Gasteiger partial charge in [-0.1, -0.05) is 35.9 Å². The summed E-state index contributed by atoms with van der Waals surface area (Å²) >= 11 is 5.90. The average Bonchev–Trinajstić information content (AvgIpc) is 3.21. The standard InChI is InChI=1S/C29H35ClO6/c1-20(35-23-14-16-25(17-15-23)36-24-12-10-22(30)11-13-24)27(31)18-8-21-9-19-28(32)26(21)6-4-2-3-5-7-29(33)34/h2-3,8,10-18,20-21,26-28,31-32H,4-7,9,19H2,1H3,(H,33,34). The van der Waals surface area contributed by atoms with Crippen molar-refractivity contribution in [3.8, 4) is 17.2 Å². The normalized spacial score (nSPS) is 21.6. The van der Waals surface area contributed by atoms with E-state index in [1.807, 2.05) is 25.2 Å². The molecular formula is C29H35ClO6. The van der Waals surface area contributed by atoms with E-state index in [4.69, 9.17) is 26.2 Å². The first-order chi connectivity index (χ1) is 17.3. The van der Waals surface area contributed by atoms with Gasteiger partial charge in [-0.15, -0.1) is 0 Å². The SMILES string of the molecule is CC(Oc1ccc(Oc2ccc(Cl)cc2)cc1)C(O)C=CC1CCC(O)C1CCC=CCCC(=O)O. The largest absolute Gasteiger partial charge is 0.488 e. The fourth-order valence-corrected chi connectivity index (χ4v) is 4.50. The maximum Gasteiger partial charge on any atom is 0.303 e. The monoisotopic (exact) mass is 514 g/mol. The Kier molecular flexibility index (Phi) is 10.9. The van der Waals surface area contributed by atoms with E-state index >= 15 is 0 Å². The minimum atomic E-state index is -0.798. The third-order valence-corrected chi connectivity index (χ3v) is 6.68. The molecule has 0 amide bonds. The number of hydrogen-bond acceptors (Lipinski definition) is 5. The van der Waals surface area contributed by atoms with Crippen molar-refractivity contribution >= 4 is 17.6 Å². The zero-order valence-electron chi connectivity index (χ0n) is 20.5. The first kappa shape index (κ1) is 27.8. The van der Waals surface area contributed by atoms with E-state index in [0.717, 1.165) is 25.7 Å². The third-order valence-electron chi connectivity index (χ3n) is 6.43. The van der Waals surface area contributed by atoms with Crippen molar-refractivity contribution in [3.63, 3.8) is 0 Å². The van der Waals surface area contributed by atoms with Gasteiger partial charge in [-0.25, -0.2) is 0 Å². The lowest BCUT2D eigenvalue weighted by atomic mass is 9.89. The smallest absolute Gasteiger partial charge is 0.303 e. The number of aliphatic hydroxyl groups excluding tert-OH is 2. The Bertz CT molecular complexity index is 1000. The van der Waals surface area contributed by atoms with Crippen LogP contribution in [0, 0.1) is 11.8 Å². The first-order valence-electron chi connectivity index (χ1n) is 12.4. The van der Waals surface area contributed by atoms with Crippen molar-refractivity contribution in [1.82, 2.24) is 0 Å². The Balaban J connectivity index is 1.46. The molecule has 36 heavy (non-hydrogen) atoms. The van der Waals surface area contributed by atoms with Gasteiger partial charge in [-0.2, -0.15) is 0 Å². The summed E-state index contributed by atoms with van der Waals surface area (Å²) in [6.07, 6.45) is 9.95. The van der Waals surface area contributed by atoms with Crippen molar-refractivity contribution < 1.29 is 29.6 Å². The molecule has 2 aromatic carbocycles. The maximum absolute atomic E-state index is 10.6. The molecule has 0 spiro atoms. The molecular weight excluding hydrogens is 480 g/mol. The van der Waals surface area contributed by atoms with Crippen molar-refractivity contribution in [2.75, 3.05) is 0 Å². The number of hydrogen-bond donors (Lipinski definition) is 3. The summed E-state index contributed by atoms with van der Waals surface area (Å²) in [6, 6.07) is 14.3. The summed E-state index contributed by atoms with van der Waals surface area (Å²) in [5.41, 5.74) is 0. The van der Waals surface area contributed by atoms with Crippen molar-refractivity contribution in [2.24, 2.45) is 11.8 Å². The second-order valence-corrected chi connectivity index (χ2v) is 9.62. The molecule has 1 saturated carbocycles. The van der Waals surface area contributed by atoms with Crippen molar-refractivity contribution in [2.45, 2.75) is 63.8 Å². The minimum Gasteiger partial charge on any atom is -0.488 e. The zero-order valence-corrected chi connectivity index (χ0v) is 21.3. The highest BCUT2D eigenvalue weighted by Gasteiger charge is 2.32. The van der Waals surface area contributed by atoms with Crippen LogP contribution in [-0.2, 0) is 4.79 Å². The summed E-state index contributed by atoms with van der Waals surface area (Å²) in [5, 5.41) is 30.3. The lowest BCUT2D eigenvalue weighted by Gasteiger charge is -2.21. The predicted molar refractivity (Wildman–Crippen MR) is 141 cm³/mol. The number of rotatable bonds is 13. The topological polar surface area (TPSA) is 96.2 Å². The number of carbonyl (C=O) groups is 1. The summed E-state index contributed by atoms with van der Waals surface area (Å²) in [4.78, 5) is 10.6. The molecule has 2 aromatic rings. The zero-order chi connectivity index (χ0) is 25.9. The summed E-state index contributed by atoms with van der Waals surface area (Å²) < 4.78 is 11.7. The predicted octanol–water partition coefficient (Wildman–Crippen LogP) is 6.41. The molecule has 0 heterocycles. The number of aliphatic carboxylic acids is 1. The van der Waals surface area contributed by atoms with Crippen LogP contribution in [0.2, 0.25) is 5.02 Å². The van der Waals surface area contributed by atoms with Gasteiger partial charge >= 0.3 is 5.97 Å². The number of allylic oxidation sites excluding steroid dienone is 3. The van der Waals surface area contributed by atoms with E-state index in [1.165, 1.54) is 0 Å². The van der Waals surface area contributed by atoms with Crippen LogP contribution in [0.3, 0.4) is 0 Å². The van der Waals surface area contributed by atoms with Gasteiger partial charge in [0, 0.05) is 11.4 Å². The van der Waals surface area contributed by atoms with E-state index < -0.39 is 18.2 Å². The Morgan fingerprint density at radius 1 is 1.03 bits per heavy atom. The molecule has 1 aliphatic rings. The van der Waals surface area contributed by atoms with E-state index in [1.54, 1.807) is 54.6 Å². The van der Waals surface area contributed by atoms with Gasteiger partial charge in [0.1, 0.15) is 29.5 Å². The number of carboxylic acid groups (broad SMARTS) is 1. The van der Waals surface area contributed by atoms with Gasteiger partial charge in [-0.05, 0) is 99.4 Å². The third kappa shape index (κ3) is 9.01. The van der Waals surface area contributed by atoms with Gasteiger partial charge in [0.2, 0.25) is 0 Å². The Morgan fingerprint density at radius 2 is 1.64 bits per heavy atom. The van der Waals surface area contributed by atoms with E-state index in [2.05, 4.69) is 0 Å². The molecule has 3 N–H and O–H groups in total. The highest BCUT2D eigenvalue weighted by atomic mass is 35.5. The summed E-state index contributed by atoms with van der Waals surface area (Å²) in [7, 11) is 0. The quantitative estimate of drug-likeness (QED) is 0.267. The Hall–Kier alpha value is -2.80. The van der Waals surface area contributed by atoms with Crippen LogP contribution in [0.1, 0.15) is 45.4 Å². The fourth-order valence-electron chi connectivity index (χ4n) is 4.38. The Labute approximate surface area is 217 Å². The Morgan fingerprint density at radius 3 is 2.31 bits per heavy atom. The van der Waals surface area contributed by atoms with Crippen molar-refractivity contribution in [3.05, 3.63) is 77.9 Å². The van der Waals surface area contributed by atoms with Gasteiger partial charge in [0.25, 0.3) is 0 Å². The molecule has 5 atom stereocenters. The van der Waals surface area contributed by atoms with Crippen LogP contribution >= 0.6 is 11.6 Å². The fraction of sp³-hybridized carbons (Fsp3) is 0.414. The number of aliphatic hydroxyl groups is 2. The van der Waals surface area contributed by atoms with Gasteiger partial charge in [0.05, 0.1) is 6.10 Å². The maximum atomic E-state index is 10.6. The van der Waals surface area contributed by atoms with Crippen LogP contribution in [0.5, 0.6) is 17.2 Å². The van der Waals surface area contributed by atoms with Crippen LogP contribution < -0.4 is 9.47 Å². The molecule has 0 aromatic heterocycles. The number of ether oxygens (including phenoxy) is 2. The van der Waals surface area contributed by atoms with Gasteiger partial charge in [-0.3, -0.25) is 4.79 Å². The minimum absolute atomic E-state index is 0.127. The number of benzene rings is 2. The summed E-state index contributed by atoms with van der Waals surface area (Å²) in [5.74, 6) is 1.50. The summed E-state index contributed by atoms with van der Waals surface area (Å²) in [6.45, 7) is 1.82. The second-order valence-electron chi connectivity index (χ2n) is 9.18. The molecule has 0 radical (unpaired) electrons. The molecule has 0 bridgehead atoms. The molecule has 1 aliphatic carbocycles. The van der Waals surface area contributed by atoms with Gasteiger partial charge in [0.15, 0.2) is 0 Å². The van der Waals surface area contributed by atoms with Gasteiger partial charge < -0.3 is 24.8 Å². The van der Waals surface area contributed by atoms with E-state index in [9.17, 15) is 15.0 Å². The number of carboxylic acids is 1. The van der Waals surface area contributed by atoms with Crippen LogP contribution in [0.4, 0.5) is 0 Å². The highest BCUT2D eigenvalue weighted by molar-refractivity contribution is 6.30. The lowest BCUT2D eigenvalue weighted by Crippen LogP contribution is -2.27. The number of halogens is 1. The first-order valence-corrected chi connectivity index (χ1v) is 12.8. The molecule has 194 valence electrons. The average molecular weight is 515 g/mol. The van der Waals surface area contributed by atoms with E-state index in [0.29, 0.717) is 28.7 Å². The molecule has 1 fully saturated rings. The molecule has 0 aliphatic heterocycles. The lowest BCUT2D eigenvalue weighted by molar-refractivity contribution is -0.136. The molecule has 3 rings (SSSR count). The van der Waals surface area contributed by atoms with Crippen molar-refractivity contribution in [1.29, 1.82) is 0 Å². The highest BCUT2D eigenvalue weighted by Crippen LogP contribution is 2.36. The molecule has 0 saturated heterocycles. The van der Waals surface area contributed by atoms with E-state index in [-0.39, 0.29) is 24.4 Å². The molecule has 7 heteroatoms. The molecule has 5 unspecified atom stereocenters. The van der Waals surface area contributed by atoms with Crippen LogP contribution in [0.15, 0.2) is 72.8 Å².